The van der Waals surface area contributed by atoms with Crippen molar-refractivity contribution in [2.75, 3.05) is 26.3 Å². The topological polar surface area (TPSA) is 68.7 Å². The van der Waals surface area contributed by atoms with Gasteiger partial charge in [-0.1, -0.05) is 18.9 Å². The van der Waals surface area contributed by atoms with Gasteiger partial charge < -0.3 is 14.4 Å². The Kier molecular flexibility index (Phi) is 7.00. The molecular weight excluding hydrogens is 332 g/mol. The lowest BCUT2D eigenvalue weighted by atomic mass is 9.97. The van der Waals surface area contributed by atoms with Crippen LogP contribution in [0.3, 0.4) is 0 Å². The van der Waals surface area contributed by atoms with Gasteiger partial charge in [-0.3, -0.25) is 14.6 Å². The standard InChI is InChI=1S/C20H28N2O4/c23-19(18-8-3-4-11-21-18)22-12-9-16(10-13-22)20(24)26-15-5-14-25-17-6-1-2-7-17/h3-4,8,11,16-17H,1-2,5-7,9-10,12-15H2. The fraction of sp³-hybridized carbons (Fsp3) is 0.650. The zero-order valence-electron chi connectivity index (χ0n) is 15.3. The molecule has 3 rings (SSSR count). The maximum Gasteiger partial charge on any atom is 0.309 e. The van der Waals surface area contributed by atoms with Crippen LogP contribution in [0, 0.1) is 5.92 Å². The van der Waals surface area contributed by atoms with Gasteiger partial charge in [0.2, 0.25) is 0 Å². The van der Waals surface area contributed by atoms with Crippen LogP contribution < -0.4 is 0 Å². The largest absolute Gasteiger partial charge is 0.465 e. The normalized spacial score (nSPS) is 18.8. The summed E-state index contributed by atoms with van der Waals surface area (Å²) in [4.78, 5) is 30.4. The second-order valence-electron chi connectivity index (χ2n) is 7.08. The molecule has 0 bridgehead atoms. The van der Waals surface area contributed by atoms with E-state index in [1.54, 1.807) is 29.3 Å². The molecule has 6 heteroatoms. The van der Waals surface area contributed by atoms with Crippen molar-refractivity contribution < 1.29 is 19.1 Å². The lowest BCUT2D eigenvalue weighted by Crippen LogP contribution is -2.41. The first kappa shape index (κ1) is 18.8. The van der Waals surface area contributed by atoms with Crippen LogP contribution in [0.1, 0.15) is 55.4 Å². The third-order valence-corrected chi connectivity index (χ3v) is 5.19. The Hall–Kier alpha value is -1.95. The Balaban J connectivity index is 1.31. The van der Waals surface area contributed by atoms with Crippen LogP contribution >= 0.6 is 0 Å². The summed E-state index contributed by atoms with van der Waals surface area (Å²) in [6.45, 7) is 2.22. The molecule has 1 aromatic rings. The van der Waals surface area contributed by atoms with Crippen LogP contribution in [0.2, 0.25) is 0 Å². The Labute approximate surface area is 154 Å². The van der Waals surface area contributed by atoms with E-state index in [0.717, 1.165) is 19.3 Å². The van der Waals surface area contributed by atoms with Crippen molar-refractivity contribution in [1.29, 1.82) is 0 Å². The van der Waals surface area contributed by atoms with Gasteiger partial charge in [-0.15, -0.1) is 0 Å². The lowest BCUT2D eigenvalue weighted by molar-refractivity contribution is -0.150. The van der Waals surface area contributed by atoms with E-state index in [4.69, 9.17) is 9.47 Å². The number of rotatable bonds is 7. The molecule has 1 aliphatic heterocycles. The number of ether oxygens (including phenoxy) is 2. The molecular formula is C20H28N2O4. The summed E-state index contributed by atoms with van der Waals surface area (Å²) < 4.78 is 11.2. The summed E-state index contributed by atoms with van der Waals surface area (Å²) >= 11 is 0. The van der Waals surface area contributed by atoms with E-state index in [1.165, 1.54) is 12.8 Å². The van der Waals surface area contributed by atoms with Crippen LogP contribution in [0.5, 0.6) is 0 Å². The SMILES string of the molecule is O=C(OCCCOC1CCCC1)C1CCN(C(=O)c2ccccn2)CC1. The molecule has 2 heterocycles. The molecule has 142 valence electrons. The molecule has 1 aliphatic carbocycles. The van der Waals surface area contributed by atoms with Gasteiger partial charge in [0.05, 0.1) is 25.2 Å². The number of aromatic nitrogens is 1. The highest BCUT2D eigenvalue weighted by atomic mass is 16.5. The summed E-state index contributed by atoms with van der Waals surface area (Å²) in [6, 6.07) is 5.31. The van der Waals surface area contributed by atoms with Gasteiger partial charge in [-0.25, -0.2) is 0 Å². The highest BCUT2D eigenvalue weighted by molar-refractivity contribution is 5.92. The Morgan fingerprint density at radius 1 is 1.08 bits per heavy atom. The van der Waals surface area contributed by atoms with E-state index in [-0.39, 0.29) is 17.8 Å². The van der Waals surface area contributed by atoms with Crippen molar-refractivity contribution in [1.82, 2.24) is 9.88 Å². The summed E-state index contributed by atoms with van der Waals surface area (Å²) in [5.41, 5.74) is 0.454. The molecule has 0 atom stereocenters. The van der Waals surface area contributed by atoms with E-state index in [2.05, 4.69) is 4.98 Å². The van der Waals surface area contributed by atoms with Crippen molar-refractivity contribution >= 4 is 11.9 Å². The number of likely N-dealkylation sites (tertiary alicyclic amines) is 1. The molecule has 1 saturated carbocycles. The highest BCUT2D eigenvalue weighted by Crippen LogP contribution is 2.21. The maximum absolute atomic E-state index is 12.4. The van der Waals surface area contributed by atoms with E-state index >= 15 is 0 Å². The van der Waals surface area contributed by atoms with E-state index in [0.29, 0.717) is 50.9 Å². The lowest BCUT2D eigenvalue weighted by Gasteiger charge is -2.30. The molecule has 0 aromatic carbocycles. The summed E-state index contributed by atoms with van der Waals surface area (Å²) in [5.74, 6) is -0.323. The molecule has 6 nitrogen and oxygen atoms in total. The molecule has 2 aliphatic rings. The minimum atomic E-state index is -0.143. The average molecular weight is 360 g/mol. The van der Waals surface area contributed by atoms with Gasteiger partial charge in [-0.2, -0.15) is 0 Å². The number of carbonyl (C=O) groups excluding carboxylic acids is 2. The van der Waals surface area contributed by atoms with Crippen molar-refractivity contribution in [2.45, 2.75) is 51.0 Å². The number of amides is 1. The molecule has 0 unspecified atom stereocenters. The number of esters is 1. The van der Waals surface area contributed by atoms with Crippen molar-refractivity contribution in [3.63, 3.8) is 0 Å². The smallest absolute Gasteiger partial charge is 0.309 e. The number of piperidine rings is 1. The number of pyridine rings is 1. The van der Waals surface area contributed by atoms with Crippen LogP contribution in [0.15, 0.2) is 24.4 Å². The van der Waals surface area contributed by atoms with Gasteiger partial charge in [-0.05, 0) is 37.8 Å². The number of hydrogen-bond donors (Lipinski definition) is 0. The second-order valence-corrected chi connectivity index (χ2v) is 7.08. The maximum atomic E-state index is 12.4. The average Bonchev–Trinajstić information content (AvgIpc) is 3.21. The highest BCUT2D eigenvalue weighted by Gasteiger charge is 2.29. The zero-order chi connectivity index (χ0) is 18.2. The predicted octanol–water partition coefficient (Wildman–Crippen LogP) is 2.83. The fourth-order valence-corrected chi connectivity index (χ4v) is 3.62. The predicted molar refractivity (Wildman–Crippen MR) is 96.6 cm³/mol. The molecule has 1 saturated heterocycles. The molecule has 26 heavy (non-hydrogen) atoms. The van der Waals surface area contributed by atoms with Gasteiger partial charge in [0.25, 0.3) is 5.91 Å². The van der Waals surface area contributed by atoms with Crippen molar-refractivity contribution in [3.8, 4) is 0 Å². The van der Waals surface area contributed by atoms with E-state index in [1.807, 2.05) is 0 Å². The molecule has 1 amide bonds. The molecule has 2 fully saturated rings. The van der Waals surface area contributed by atoms with Crippen molar-refractivity contribution in [2.24, 2.45) is 5.92 Å². The number of hydrogen-bond acceptors (Lipinski definition) is 5. The Morgan fingerprint density at radius 3 is 2.54 bits per heavy atom. The van der Waals surface area contributed by atoms with Crippen LogP contribution in [0.25, 0.3) is 0 Å². The first-order chi connectivity index (χ1) is 12.7. The zero-order valence-corrected chi connectivity index (χ0v) is 15.3. The third-order valence-electron chi connectivity index (χ3n) is 5.19. The van der Waals surface area contributed by atoms with Gasteiger partial charge in [0, 0.05) is 25.7 Å². The van der Waals surface area contributed by atoms with Crippen LogP contribution in [-0.2, 0) is 14.3 Å². The quantitative estimate of drug-likeness (QED) is 0.552. The summed E-state index contributed by atoms with van der Waals surface area (Å²) in [6.07, 6.45) is 8.93. The minimum Gasteiger partial charge on any atom is -0.465 e. The molecule has 0 spiro atoms. The van der Waals surface area contributed by atoms with Gasteiger partial charge in [0.1, 0.15) is 5.69 Å². The summed E-state index contributed by atoms with van der Waals surface area (Å²) in [5, 5.41) is 0. The molecule has 0 radical (unpaired) electrons. The first-order valence-electron chi connectivity index (χ1n) is 9.72. The second kappa shape index (κ2) is 9.67. The third kappa shape index (κ3) is 5.27. The Morgan fingerprint density at radius 2 is 1.85 bits per heavy atom. The van der Waals surface area contributed by atoms with Crippen molar-refractivity contribution in [3.05, 3.63) is 30.1 Å². The van der Waals surface area contributed by atoms with E-state index in [9.17, 15) is 9.59 Å². The molecule has 1 aromatic heterocycles. The van der Waals surface area contributed by atoms with Gasteiger partial charge in [0.15, 0.2) is 0 Å². The number of carbonyl (C=O) groups is 2. The first-order valence-corrected chi connectivity index (χ1v) is 9.72. The Bertz CT molecular complexity index is 579. The van der Waals surface area contributed by atoms with Crippen LogP contribution in [0.4, 0.5) is 0 Å². The fourth-order valence-electron chi connectivity index (χ4n) is 3.62. The molecule has 0 N–H and O–H groups in total. The van der Waals surface area contributed by atoms with E-state index < -0.39 is 0 Å². The van der Waals surface area contributed by atoms with Crippen LogP contribution in [-0.4, -0.2) is 54.2 Å². The number of nitrogens with zero attached hydrogens (tertiary/aromatic N) is 2. The minimum absolute atomic E-state index is 0.0681. The summed E-state index contributed by atoms with van der Waals surface area (Å²) in [7, 11) is 0. The monoisotopic (exact) mass is 360 g/mol. The van der Waals surface area contributed by atoms with Gasteiger partial charge >= 0.3 is 5.97 Å².